The van der Waals surface area contributed by atoms with Gasteiger partial charge in [-0.15, -0.1) is 16.4 Å². The number of nitrogens with one attached hydrogen (secondary N) is 1. The first-order chi connectivity index (χ1) is 9.79. The van der Waals surface area contributed by atoms with Crippen molar-refractivity contribution in [2.75, 3.05) is 11.9 Å². The molecule has 0 amide bonds. The maximum absolute atomic E-state index is 12.3. The summed E-state index contributed by atoms with van der Waals surface area (Å²) >= 11 is 2.78. The van der Waals surface area contributed by atoms with Gasteiger partial charge in [0.25, 0.3) is 5.56 Å². The molecule has 0 aliphatic heterocycles. The number of nitrogens with zero attached hydrogens (tertiary/aromatic N) is 4. The topological polar surface area (TPSA) is 72.7 Å². The van der Waals surface area contributed by atoms with Gasteiger partial charge in [-0.05, 0) is 17.9 Å². The zero-order chi connectivity index (χ0) is 13.9. The molecule has 0 aromatic carbocycles. The highest BCUT2D eigenvalue weighted by molar-refractivity contribution is 7.16. The van der Waals surface area contributed by atoms with Crippen LogP contribution in [-0.4, -0.2) is 25.7 Å². The average molecular weight is 307 g/mol. The number of rotatable bonds is 5. The van der Waals surface area contributed by atoms with Crippen LogP contribution in [0.15, 0.2) is 22.6 Å². The molecule has 0 fully saturated rings. The van der Waals surface area contributed by atoms with Gasteiger partial charge in [0.1, 0.15) is 15.5 Å². The number of hydrogen-bond acceptors (Lipinski definition) is 7. The van der Waals surface area contributed by atoms with E-state index in [1.165, 1.54) is 22.9 Å². The Labute approximate surface area is 123 Å². The summed E-state index contributed by atoms with van der Waals surface area (Å²) in [6.07, 6.45) is 2.60. The molecular formula is C12H13N5OS2. The van der Waals surface area contributed by atoms with Gasteiger partial charge in [-0.25, -0.2) is 4.98 Å². The second-order valence-electron chi connectivity index (χ2n) is 4.29. The Balaban J connectivity index is 1.91. The van der Waals surface area contributed by atoms with Gasteiger partial charge in [0, 0.05) is 18.1 Å². The molecule has 0 saturated carbocycles. The summed E-state index contributed by atoms with van der Waals surface area (Å²) in [6.45, 7) is 3.35. The molecule has 0 saturated heterocycles. The summed E-state index contributed by atoms with van der Waals surface area (Å²) in [4.78, 5) is 17.4. The van der Waals surface area contributed by atoms with Crippen molar-refractivity contribution in [3.8, 4) is 0 Å². The van der Waals surface area contributed by atoms with Gasteiger partial charge in [0.05, 0.1) is 18.3 Å². The van der Waals surface area contributed by atoms with Crippen LogP contribution in [0.1, 0.15) is 19.0 Å². The van der Waals surface area contributed by atoms with Crippen LogP contribution in [0.4, 0.5) is 5.00 Å². The number of aromatic nitrogens is 4. The van der Waals surface area contributed by atoms with Gasteiger partial charge in [0.2, 0.25) is 0 Å². The van der Waals surface area contributed by atoms with Crippen LogP contribution in [0.5, 0.6) is 0 Å². The van der Waals surface area contributed by atoms with Crippen molar-refractivity contribution in [1.82, 2.24) is 19.1 Å². The Hall–Kier alpha value is -1.80. The predicted octanol–water partition coefficient (Wildman–Crippen LogP) is 2.18. The molecule has 3 heterocycles. The minimum Gasteiger partial charge on any atom is -0.374 e. The molecule has 0 spiro atoms. The van der Waals surface area contributed by atoms with Crippen molar-refractivity contribution < 1.29 is 0 Å². The minimum absolute atomic E-state index is 0.0364. The van der Waals surface area contributed by atoms with E-state index < -0.39 is 0 Å². The molecule has 0 aliphatic rings. The van der Waals surface area contributed by atoms with E-state index in [0.717, 1.165) is 28.5 Å². The lowest BCUT2D eigenvalue weighted by molar-refractivity contribution is 0.727. The molecule has 0 aliphatic carbocycles. The Kier molecular flexibility index (Phi) is 3.75. The predicted molar refractivity (Wildman–Crippen MR) is 81.7 cm³/mol. The van der Waals surface area contributed by atoms with Crippen molar-refractivity contribution >= 4 is 38.1 Å². The summed E-state index contributed by atoms with van der Waals surface area (Å²) < 4.78 is 5.52. The van der Waals surface area contributed by atoms with Crippen molar-refractivity contribution in [1.29, 1.82) is 0 Å². The maximum atomic E-state index is 12.3. The summed E-state index contributed by atoms with van der Waals surface area (Å²) in [5.74, 6) is 0. The van der Waals surface area contributed by atoms with E-state index in [2.05, 4.69) is 26.8 Å². The fourth-order valence-electron chi connectivity index (χ4n) is 1.85. The monoisotopic (exact) mass is 307 g/mol. The normalized spacial score (nSPS) is 11.1. The molecule has 0 unspecified atom stereocenters. The van der Waals surface area contributed by atoms with Crippen molar-refractivity contribution in [2.45, 2.75) is 19.9 Å². The Morgan fingerprint density at radius 3 is 3.20 bits per heavy atom. The average Bonchev–Trinajstić information content (AvgIpc) is 3.09. The zero-order valence-corrected chi connectivity index (χ0v) is 12.5. The standard InChI is InChI=1S/C12H13N5OS2/c1-2-4-13-11-9(15-16-20-11)6-17-7-14-10-8(12(17)18)3-5-19-10/h3,5,7,13H,2,4,6H2,1H3. The Morgan fingerprint density at radius 1 is 1.45 bits per heavy atom. The summed E-state index contributed by atoms with van der Waals surface area (Å²) in [6, 6.07) is 1.81. The Bertz CT molecular complexity index is 775. The van der Waals surface area contributed by atoms with Gasteiger partial charge in [0.15, 0.2) is 0 Å². The maximum Gasteiger partial charge on any atom is 0.262 e. The highest BCUT2D eigenvalue weighted by Gasteiger charge is 2.11. The van der Waals surface area contributed by atoms with E-state index in [9.17, 15) is 4.79 Å². The molecule has 104 valence electrons. The van der Waals surface area contributed by atoms with Gasteiger partial charge in [-0.1, -0.05) is 11.4 Å². The molecule has 6 nitrogen and oxygen atoms in total. The van der Waals surface area contributed by atoms with E-state index in [-0.39, 0.29) is 5.56 Å². The summed E-state index contributed by atoms with van der Waals surface area (Å²) in [5.41, 5.74) is 0.743. The molecular weight excluding hydrogens is 294 g/mol. The first-order valence-corrected chi connectivity index (χ1v) is 7.92. The quantitative estimate of drug-likeness (QED) is 0.782. The lowest BCUT2D eigenvalue weighted by atomic mass is 10.4. The largest absolute Gasteiger partial charge is 0.374 e. The van der Waals surface area contributed by atoms with Crippen LogP contribution in [0.25, 0.3) is 10.2 Å². The van der Waals surface area contributed by atoms with Crippen LogP contribution >= 0.6 is 22.9 Å². The first-order valence-electron chi connectivity index (χ1n) is 6.27. The van der Waals surface area contributed by atoms with Crippen molar-refractivity contribution in [3.05, 3.63) is 33.8 Å². The smallest absolute Gasteiger partial charge is 0.262 e. The molecule has 1 N–H and O–H groups in total. The third kappa shape index (κ3) is 2.44. The third-order valence-corrected chi connectivity index (χ3v) is 4.41. The number of anilines is 1. The molecule has 3 aromatic heterocycles. The Morgan fingerprint density at radius 2 is 2.35 bits per heavy atom. The third-order valence-electron chi connectivity index (χ3n) is 2.86. The molecule has 0 bridgehead atoms. The lowest BCUT2D eigenvalue weighted by Crippen LogP contribution is -2.21. The zero-order valence-electron chi connectivity index (χ0n) is 10.9. The van der Waals surface area contributed by atoms with Gasteiger partial charge in [-0.2, -0.15) is 0 Å². The summed E-state index contributed by atoms with van der Waals surface area (Å²) in [7, 11) is 0. The molecule has 0 radical (unpaired) electrons. The highest BCUT2D eigenvalue weighted by Crippen LogP contribution is 2.19. The van der Waals surface area contributed by atoms with Crippen LogP contribution in [-0.2, 0) is 6.54 Å². The molecule has 0 atom stereocenters. The van der Waals surface area contributed by atoms with E-state index in [1.807, 2.05) is 5.38 Å². The molecule has 8 heteroatoms. The summed E-state index contributed by atoms with van der Waals surface area (Å²) in [5, 5.41) is 10.8. The van der Waals surface area contributed by atoms with Gasteiger partial charge in [-0.3, -0.25) is 9.36 Å². The second kappa shape index (κ2) is 5.68. The SMILES string of the molecule is CCCNc1snnc1Cn1cnc2sccc2c1=O. The van der Waals surface area contributed by atoms with Crippen LogP contribution in [0.2, 0.25) is 0 Å². The number of thiophene rings is 1. The van der Waals surface area contributed by atoms with Gasteiger partial charge < -0.3 is 5.32 Å². The minimum atomic E-state index is -0.0364. The fourth-order valence-corrected chi connectivity index (χ4v) is 3.17. The van der Waals surface area contributed by atoms with E-state index >= 15 is 0 Å². The van der Waals surface area contributed by atoms with Crippen molar-refractivity contribution in [2.24, 2.45) is 0 Å². The van der Waals surface area contributed by atoms with E-state index in [4.69, 9.17) is 0 Å². The highest BCUT2D eigenvalue weighted by atomic mass is 32.1. The number of hydrogen-bond donors (Lipinski definition) is 1. The molecule has 3 aromatic rings. The molecule has 20 heavy (non-hydrogen) atoms. The van der Waals surface area contributed by atoms with Crippen LogP contribution in [0, 0.1) is 0 Å². The van der Waals surface area contributed by atoms with Gasteiger partial charge >= 0.3 is 0 Å². The first kappa shape index (κ1) is 13.2. The molecule has 3 rings (SSSR count). The fraction of sp³-hybridized carbons (Fsp3) is 0.333. The van der Waals surface area contributed by atoms with Crippen molar-refractivity contribution in [3.63, 3.8) is 0 Å². The van der Waals surface area contributed by atoms with Crippen LogP contribution in [0.3, 0.4) is 0 Å². The second-order valence-corrected chi connectivity index (χ2v) is 5.94. The number of fused-ring (bicyclic) bond motifs is 1. The lowest BCUT2D eigenvalue weighted by Gasteiger charge is -2.05. The van der Waals surface area contributed by atoms with Crippen LogP contribution < -0.4 is 10.9 Å². The van der Waals surface area contributed by atoms with E-state index in [0.29, 0.717) is 11.9 Å². The van der Waals surface area contributed by atoms with E-state index in [1.54, 1.807) is 17.0 Å².